The van der Waals surface area contributed by atoms with Gasteiger partial charge in [0.2, 0.25) is 5.91 Å². The highest BCUT2D eigenvalue weighted by Crippen LogP contribution is 2.18. The first-order valence-corrected chi connectivity index (χ1v) is 7.36. The van der Waals surface area contributed by atoms with Crippen LogP contribution in [0.5, 0.6) is 0 Å². The number of hydrogen-bond acceptors (Lipinski definition) is 5. The van der Waals surface area contributed by atoms with Crippen molar-refractivity contribution < 1.29 is 24.2 Å². The molecule has 4 N–H and O–H groups in total. The summed E-state index contributed by atoms with van der Waals surface area (Å²) in [7, 11) is 0. The third-order valence-corrected chi connectivity index (χ3v) is 3.76. The van der Waals surface area contributed by atoms with Gasteiger partial charge < -0.3 is 25.8 Å². The summed E-state index contributed by atoms with van der Waals surface area (Å²) >= 11 is 1.64. The number of nitrogens with one attached hydrogen (secondary N) is 1. The zero-order chi connectivity index (χ0) is 15.0. The smallest absolute Gasteiger partial charge is 0.317 e. The Bertz CT molecular complexity index is 366. The highest BCUT2D eigenvalue weighted by atomic mass is 32.2. The maximum Gasteiger partial charge on any atom is 0.317 e. The van der Waals surface area contributed by atoms with Crippen LogP contribution in [0.2, 0.25) is 0 Å². The van der Waals surface area contributed by atoms with E-state index in [9.17, 15) is 14.4 Å². The number of primary amides is 1. The lowest BCUT2D eigenvalue weighted by molar-refractivity contribution is -0.138. The number of carboxylic acids is 1. The van der Waals surface area contributed by atoms with E-state index in [0.29, 0.717) is 12.3 Å². The van der Waals surface area contributed by atoms with Crippen molar-refractivity contribution in [3.8, 4) is 0 Å². The van der Waals surface area contributed by atoms with E-state index in [1.54, 1.807) is 16.7 Å². The SMILES string of the molecule is NC(=O)COCCNC(=O)N1CCSCC1CC(=O)O. The number of ether oxygens (including phenoxy) is 1. The molecule has 0 aromatic carbocycles. The van der Waals surface area contributed by atoms with E-state index in [0.717, 1.165) is 5.75 Å². The number of rotatable bonds is 7. The van der Waals surface area contributed by atoms with Gasteiger partial charge in [0, 0.05) is 24.6 Å². The average Bonchev–Trinajstić information content (AvgIpc) is 2.37. The second kappa shape index (κ2) is 8.64. The predicted molar refractivity (Wildman–Crippen MR) is 73.5 cm³/mol. The molecule has 1 atom stereocenters. The molecule has 0 aliphatic carbocycles. The number of urea groups is 1. The average molecular weight is 305 g/mol. The molecule has 9 heteroatoms. The third kappa shape index (κ3) is 6.11. The molecule has 1 heterocycles. The summed E-state index contributed by atoms with van der Waals surface area (Å²) in [5, 5.41) is 11.5. The van der Waals surface area contributed by atoms with Gasteiger partial charge >= 0.3 is 12.0 Å². The van der Waals surface area contributed by atoms with Crippen LogP contribution in [0.1, 0.15) is 6.42 Å². The number of aliphatic carboxylic acids is 1. The minimum Gasteiger partial charge on any atom is -0.481 e. The van der Waals surface area contributed by atoms with Crippen LogP contribution in [0, 0.1) is 0 Å². The number of nitrogens with two attached hydrogens (primary N) is 1. The second-order valence-corrected chi connectivity index (χ2v) is 5.42. The molecule has 8 nitrogen and oxygen atoms in total. The van der Waals surface area contributed by atoms with Crippen LogP contribution in [0.25, 0.3) is 0 Å². The third-order valence-electron chi connectivity index (χ3n) is 2.67. The molecule has 0 radical (unpaired) electrons. The Morgan fingerprint density at radius 3 is 2.85 bits per heavy atom. The summed E-state index contributed by atoms with van der Waals surface area (Å²) in [5.74, 6) is -0.0643. The predicted octanol–water partition coefficient (Wildman–Crippen LogP) is -0.910. The summed E-state index contributed by atoms with van der Waals surface area (Å²) in [6, 6.07) is -0.600. The number of carbonyl (C=O) groups is 3. The molecule has 1 saturated heterocycles. The van der Waals surface area contributed by atoms with E-state index in [4.69, 9.17) is 15.6 Å². The highest BCUT2D eigenvalue weighted by Gasteiger charge is 2.28. The van der Waals surface area contributed by atoms with E-state index in [-0.39, 0.29) is 38.3 Å². The summed E-state index contributed by atoms with van der Waals surface area (Å²) in [4.78, 5) is 34.7. The Morgan fingerprint density at radius 2 is 2.20 bits per heavy atom. The summed E-state index contributed by atoms with van der Waals surface area (Å²) in [6.45, 7) is 0.769. The number of hydrogen-bond donors (Lipinski definition) is 3. The maximum absolute atomic E-state index is 12.0. The van der Waals surface area contributed by atoms with Gasteiger partial charge in [-0.25, -0.2) is 4.79 Å². The molecule has 3 amide bonds. The molecule has 0 aromatic heterocycles. The Morgan fingerprint density at radius 1 is 1.45 bits per heavy atom. The normalized spacial score (nSPS) is 18.6. The topological polar surface area (TPSA) is 122 Å². The lowest BCUT2D eigenvalue weighted by atomic mass is 10.2. The van der Waals surface area contributed by atoms with Crippen LogP contribution in [0.3, 0.4) is 0 Å². The first-order chi connectivity index (χ1) is 9.50. The fourth-order valence-corrected chi connectivity index (χ4v) is 2.86. The van der Waals surface area contributed by atoms with Crippen molar-refractivity contribution in [3.63, 3.8) is 0 Å². The number of amides is 3. The summed E-state index contributed by atoms with van der Waals surface area (Å²) in [5.41, 5.74) is 4.90. The molecule has 1 rings (SSSR count). The van der Waals surface area contributed by atoms with Crippen LogP contribution in [0.4, 0.5) is 4.79 Å². The largest absolute Gasteiger partial charge is 0.481 e. The molecule has 20 heavy (non-hydrogen) atoms. The number of nitrogens with zero attached hydrogens (tertiary/aromatic N) is 1. The Kier molecular flexibility index (Phi) is 7.16. The van der Waals surface area contributed by atoms with E-state index in [2.05, 4.69) is 5.32 Å². The minimum atomic E-state index is -0.917. The van der Waals surface area contributed by atoms with Crippen molar-refractivity contribution in [2.24, 2.45) is 5.73 Å². The fraction of sp³-hybridized carbons (Fsp3) is 0.727. The molecular weight excluding hydrogens is 286 g/mol. The van der Waals surface area contributed by atoms with Gasteiger partial charge in [-0.1, -0.05) is 0 Å². The van der Waals surface area contributed by atoms with Crippen molar-refractivity contribution in [2.75, 3.05) is 37.8 Å². The van der Waals surface area contributed by atoms with Gasteiger partial charge in [-0.15, -0.1) is 0 Å². The van der Waals surface area contributed by atoms with Gasteiger partial charge in [-0.05, 0) is 0 Å². The Hall–Kier alpha value is -1.48. The zero-order valence-corrected chi connectivity index (χ0v) is 11.9. The quantitative estimate of drug-likeness (QED) is 0.523. The molecule has 1 aliphatic heterocycles. The summed E-state index contributed by atoms with van der Waals surface area (Å²) < 4.78 is 4.92. The van der Waals surface area contributed by atoms with Gasteiger partial charge in [0.1, 0.15) is 6.61 Å². The molecule has 0 bridgehead atoms. The molecular formula is C11H19N3O5S. The zero-order valence-electron chi connectivity index (χ0n) is 11.0. The molecule has 1 aliphatic rings. The second-order valence-electron chi connectivity index (χ2n) is 4.27. The molecule has 114 valence electrons. The highest BCUT2D eigenvalue weighted by molar-refractivity contribution is 7.99. The van der Waals surface area contributed by atoms with Crippen molar-refractivity contribution in [1.29, 1.82) is 0 Å². The van der Waals surface area contributed by atoms with Crippen molar-refractivity contribution in [1.82, 2.24) is 10.2 Å². The molecule has 1 fully saturated rings. The van der Waals surface area contributed by atoms with Gasteiger partial charge in [0.25, 0.3) is 0 Å². The van der Waals surface area contributed by atoms with E-state index >= 15 is 0 Å². The minimum absolute atomic E-state index is 0.0569. The maximum atomic E-state index is 12.0. The van der Waals surface area contributed by atoms with Crippen molar-refractivity contribution in [3.05, 3.63) is 0 Å². The van der Waals surface area contributed by atoms with E-state index in [1.165, 1.54) is 0 Å². The lowest BCUT2D eigenvalue weighted by Gasteiger charge is -2.34. The number of thioether (sulfide) groups is 1. The van der Waals surface area contributed by atoms with Crippen molar-refractivity contribution >= 4 is 29.7 Å². The first kappa shape index (κ1) is 16.6. The van der Waals surface area contributed by atoms with Crippen LogP contribution >= 0.6 is 11.8 Å². The van der Waals surface area contributed by atoms with Gasteiger partial charge in [-0.2, -0.15) is 11.8 Å². The first-order valence-electron chi connectivity index (χ1n) is 6.20. The molecule has 1 unspecified atom stereocenters. The van der Waals surface area contributed by atoms with Gasteiger partial charge in [0.05, 0.1) is 19.1 Å². The van der Waals surface area contributed by atoms with Crippen LogP contribution < -0.4 is 11.1 Å². The Balaban J connectivity index is 2.31. The molecule has 0 aromatic rings. The van der Waals surface area contributed by atoms with Crippen LogP contribution in [-0.4, -0.2) is 71.8 Å². The monoisotopic (exact) mass is 305 g/mol. The molecule has 0 saturated carbocycles. The summed E-state index contributed by atoms with van der Waals surface area (Å²) in [6.07, 6.45) is -0.0569. The van der Waals surface area contributed by atoms with Crippen LogP contribution in [0.15, 0.2) is 0 Å². The standard InChI is InChI=1S/C11H19N3O5S/c12-9(15)6-19-3-1-13-11(18)14-2-4-20-7-8(14)5-10(16)17/h8H,1-7H2,(H2,12,15)(H,13,18)(H,16,17). The number of carboxylic acid groups (broad SMARTS) is 1. The fourth-order valence-electron chi connectivity index (χ4n) is 1.80. The number of carbonyl (C=O) groups excluding carboxylic acids is 2. The van der Waals surface area contributed by atoms with Crippen molar-refractivity contribution in [2.45, 2.75) is 12.5 Å². The molecule has 0 spiro atoms. The van der Waals surface area contributed by atoms with E-state index < -0.39 is 11.9 Å². The Labute approximate surface area is 121 Å². The van der Waals surface area contributed by atoms with E-state index in [1.807, 2.05) is 0 Å². The van der Waals surface area contributed by atoms with Gasteiger partial charge in [0.15, 0.2) is 0 Å². The lowest BCUT2D eigenvalue weighted by Crippen LogP contribution is -2.51. The van der Waals surface area contributed by atoms with Gasteiger partial charge in [-0.3, -0.25) is 9.59 Å². The van der Waals surface area contributed by atoms with Crippen LogP contribution in [-0.2, 0) is 14.3 Å².